The SMILES string of the molecule is C=COC1CCCCC1.CC1CC2OC2CC1COC(=O)CCCCC(=O)OCC1CC2OC2CC1C. The zero-order chi connectivity index (χ0) is 26.2. The molecule has 2 aliphatic heterocycles. The second kappa shape index (κ2) is 14.0. The molecule has 210 valence electrons. The van der Waals surface area contributed by atoms with Gasteiger partial charge in [0.05, 0.1) is 50.0 Å². The number of epoxide rings is 2. The van der Waals surface area contributed by atoms with Crippen LogP contribution in [0.25, 0.3) is 0 Å². The third-order valence-corrected chi connectivity index (χ3v) is 9.03. The van der Waals surface area contributed by atoms with Crippen LogP contribution in [0.1, 0.15) is 97.3 Å². The second-order valence-electron chi connectivity index (χ2n) is 12.0. The molecule has 7 nitrogen and oxygen atoms in total. The molecule has 5 fully saturated rings. The molecular formula is C30H48O7. The molecule has 3 aliphatic carbocycles. The monoisotopic (exact) mass is 520 g/mol. The number of carbonyl (C=O) groups excluding carboxylic acids is 2. The molecule has 0 aromatic carbocycles. The molecule has 0 radical (unpaired) electrons. The number of esters is 2. The molecule has 0 amide bonds. The van der Waals surface area contributed by atoms with Crippen LogP contribution in [0.2, 0.25) is 0 Å². The molecule has 37 heavy (non-hydrogen) atoms. The second-order valence-corrected chi connectivity index (χ2v) is 12.0. The van der Waals surface area contributed by atoms with Crippen molar-refractivity contribution in [1.82, 2.24) is 0 Å². The standard InChI is InChI=1S/C22H34O6.C8H14O/c1-13-7-17-19(27-17)9-15(13)11-25-21(23)5-3-4-6-22(24)26-12-16-10-20-18(28-20)8-14(16)2;1-2-9-8-6-4-3-5-7-8/h13-20H,3-12H2,1-2H3;2,8H,1,3-7H2. The molecule has 2 saturated heterocycles. The number of unbranched alkanes of at least 4 members (excludes halogenated alkanes) is 1. The van der Waals surface area contributed by atoms with Crippen LogP contribution in [0.15, 0.2) is 12.8 Å². The Bertz CT molecular complexity index is 698. The van der Waals surface area contributed by atoms with Gasteiger partial charge in [0.1, 0.15) is 0 Å². The first-order valence-corrected chi connectivity index (χ1v) is 14.8. The van der Waals surface area contributed by atoms with Crippen molar-refractivity contribution < 1.29 is 33.3 Å². The van der Waals surface area contributed by atoms with Gasteiger partial charge in [0.25, 0.3) is 0 Å². The van der Waals surface area contributed by atoms with Crippen LogP contribution in [0.3, 0.4) is 0 Å². The van der Waals surface area contributed by atoms with E-state index in [-0.39, 0.29) is 11.9 Å². The van der Waals surface area contributed by atoms with Crippen molar-refractivity contribution in [3.8, 4) is 0 Å². The third kappa shape index (κ3) is 9.27. The Hall–Kier alpha value is -1.60. The van der Waals surface area contributed by atoms with E-state index in [1.54, 1.807) is 6.26 Å². The van der Waals surface area contributed by atoms with Crippen LogP contribution in [0.5, 0.6) is 0 Å². The highest BCUT2D eigenvalue weighted by Crippen LogP contribution is 2.43. The maximum absolute atomic E-state index is 12.0. The Balaban J connectivity index is 0.000000301. The highest BCUT2D eigenvalue weighted by atomic mass is 16.6. The topological polar surface area (TPSA) is 86.9 Å². The van der Waals surface area contributed by atoms with Crippen molar-refractivity contribution in [3.05, 3.63) is 12.8 Å². The van der Waals surface area contributed by atoms with Gasteiger partial charge in [-0.05, 0) is 87.9 Å². The largest absolute Gasteiger partial charge is 0.499 e. The van der Waals surface area contributed by atoms with E-state index < -0.39 is 0 Å². The molecule has 8 unspecified atom stereocenters. The van der Waals surface area contributed by atoms with Gasteiger partial charge in [-0.25, -0.2) is 0 Å². The van der Waals surface area contributed by atoms with E-state index in [0.29, 0.717) is 93.1 Å². The summed E-state index contributed by atoms with van der Waals surface area (Å²) >= 11 is 0. The molecule has 0 aromatic heterocycles. The first kappa shape index (κ1) is 28.4. The molecule has 5 rings (SSSR count). The minimum absolute atomic E-state index is 0.158. The van der Waals surface area contributed by atoms with E-state index in [1.807, 2.05) is 0 Å². The third-order valence-electron chi connectivity index (χ3n) is 9.03. The summed E-state index contributed by atoms with van der Waals surface area (Å²) in [4.78, 5) is 23.9. The summed E-state index contributed by atoms with van der Waals surface area (Å²) in [7, 11) is 0. The molecule has 8 atom stereocenters. The lowest BCUT2D eigenvalue weighted by Crippen LogP contribution is -2.27. The van der Waals surface area contributed by atoms with Gasteiger partial charge in [0.15, 0.2) is 0 Å². The lowest BCUT2D eigenvalue weighted by molar-refractivity contribution is -0.148. The minimum Gasteiger partial charge on any atom is -0.499 e. The zero-order valence-corrected chi connectivity index (χ0v) is 22.9. The summed E-state index contributed by atoms with van der Waals surface area (Å²) in [6.07, 6.45) is 16.6. The Morgan fingerprint density at radius 2 is 1.22 bits per heavy atom. The fourth-order valence-electron chi connectivity index (χ4n) is 6.25. The van der Waals surface area contributed by atoms with Gasteiger partial charge in [-0.3, -0.25) is 9.59 Å². The Morgan fingerprint density at radius 3 is 1.68 bits per heavy atom. The van der Waals surface area contributed by atoms with Crippen molar-refractivity contribution in [2.45, 2.75) is 128 Å². The predicted octanol–water partition coefficient (Wildman–Crippen LogP) is 5.74. The number of carbonyl (C=O) groups is 2. The van der Waals surface area contributed by atoms with Crippen LogP contribution in [-0.4, -0.2) is 55.7 Å². The van der Waals surface area contributed by atoms with Crippen molar-refractivity contribution in [2.24, 2.45) is 23.7 Å². The van der Waals surface area contributed by atoms with E-state index in [4.69, 9.17) is 23.7 Å². The van der Waals surface area contributed by atoms with Crippen LogP contribution >= 0.6 is 0 Å². The van der Waals surface area contributed by atoms with Crippen molar-refractivity contribution in [1.29, 1.82) is 0 Å². The van der Waals surface area contributed by atoms with Crippen LogP contribution in [0, 0.1) is 23.7 Å². The fourth-order valence-corrected chi connectivity index (χ4v) is 6.25. The summed E-state index contributed by atoms with van der Waals surface area (Å²) in [6, 6.07) is 0. The summed E-state index contributed by atoms with van der Waals surface area (Å²) < 4.78 is 27.3. The molecule has 7 heteroatoms. The van der Waals surface area contributed by atoms with Gasteiger partial charge < -0.3 is 23.7 Å². The van der Waals surface area contributed by atoms with E-state index in [1.165, 1.54) is 32.1 Å². The molecule has 0 aromatic rings. The van der Waals surface area contributed by atoms with Crippen LogP contribution < -0.4 is 0 Å². The van der Waals surface area contributed by atoms with Gasteiger partial charge in [-0.1, -0.05) is 26.8 Å². The zero-order valence-electron chi connectivity index (χ0n) is 22.9. The van der Waals surface area contributed by atoms with E-state index >= 15 is 0 Å². The van der Waals surface area contributed by atoms with E-state index in [2.05, 4.69) is 20.4 Å². The van der Waals surface area contributed by atoms with Crippen molar-refractivity contribution in [3.63, 3.8) is 0 Å². The first-order valence-electron chi connectivity index (χ1n) is 14.8. The molecule has 0 bridgehead atoms. The number of fused-ring (bicyclic) bond motifs is 2. The van der Waals surface area contributed by atoms with Gasteiger partial charge in [0.2, 0.25) is 0 Å². The van der Waals surface area contributed by atoms with Crippen molar-refractivity contribution in [2.75, 3.05) is 13.2 Å². The maximum Gasteiger partial charge on any atom is 0.305 e. The summed E-state index contributed by atoms with van der Waals surface area (Å²) in [5.74, 6) is 1.62. The Labute approximate surface area is 223 Å². The first-order chi connectivity index (χ1) is 17.9. The van der Waals surface area contributed by atoms with Gasteiger partial charge in [-0.15, -0.1) is 0 Å². The number of hydrogen-bond acceptors (Lipinski definition) is 7. The van der Waals surface area contributed by atoms with Crippen LogP contribution in [-0.2, 0) is 33.3 Å². The van der Waals surface area contributed by atoms with Gasteiger partial charge >= 0.3 is 11.9 Å². The molecule has 3 saturated carbocycles. The molecule has 0 spiro atoms. The lowest BCUT2D eigenvalue weighted by atomic mass is 9.81. The predicted molar refractivity (Wildman–Crippen MR) is 140 cm³/mol. The molecular weight excluding hydrogens is 472 g/mol. The van der Waals surface area contributed by atoms with Crippen molar-refractivity contribution >= 4 is 11.9 Å². The Morgan fingerprint density at radius 1 is 0.757 bits per heavy atom. The smallest absolute Gasteiger partial charge is 0.305 e. The quantitative estimate of drug-likeness (QED) is 0.149. The lowest BCUT2D eigenvalue weighted by Gasteiger charge is -2.25. The molecule has 2 heterocycles. The highest BCUT2D eigenvalue weighted by molar-refractivity contribution is 5.70. The van der Waals surface area contributed by atoms with E-state index in [0.717, 1.165) is 25.7 Å². The molecule has 0 N–H and O–H groups in total. The number of ether oxygens (including phenoxy) is 5. The average Bonchev–Trinajstić information content (AvgIpc) is 3.81. The number of hydrogen-bond donors (Lipinski definition) is 0. The summed E-state index contributed by atoms with van der Waals surface area (Å²) in [5, 5.41) is 0. The maximum atomic E-state index is 12.0. The van der Waals surface area contributed by atoms with Crippen LogP contribution in [0.4, 0.5) is 0 Å². The van der Waals surface area contributed by atoms with Gasteiger partial charge in [-0.2, -0.15) is 0 Å². The fraction of sp³-hybridized carbons (Fsp3) is 0.867. The highest BCUT2D eigenvalue weighted by Gasteiger charge is 2.48. The normalized spacial score (nSPS) is 36.1. The average molecular weight is 521 g/mol. The Kier molecular flexibility index (Phi) is 10.7. The summed E-state index contributed by atoms with van der Waals surface area (Å²) in [6.45, 7) is 8.96. The van der Waals surface area contributed by atoms with E-state index in [9.17, 15) is 9.59 Å². The van der Waals surface area contributed by atoms with Gasteiger partial charge in [0, 0.05) is 12.8 Å². The number of rotatable bonds is 11. The minimum atomic E-state index is -0.158. The molecule has 5 aliphatic rings. The summed E-state index contributed by atoms with van der Waals surface area (Å²) in [5.41, 5.74) is 0.